The third kappa shape index (κ3) is 4.37. The zero-order valence-corrected chi connectivity index (χ0v) is 13.7. The first-order valence-electron chi connectivity index (χ1n) is 8.46. The molecule has 1 aromatic heterocycles. The highest BCUT2D eigenvalue weighted by atomic mass is 15.3. The Kier molecular flexibility index (Phi) is 6.36. The minimum atomic E-state index is 0.748. The molecule has 0 saturated carbocycles. The Labute approximate surface area is 128 Å². The number of nitrogens with one attached hydrogen (secondary N) is 1. The summed E-state index contributed by atoms with van der Waals surface area (Å²) in [7, 11) is 0. The third-order valence-electron chi connectivity index (χ3n) is 4.21. The minimum Gasteiger partial charge on any atom is -0.339 e. The van der Waals surface area contributed by atoms with Gasteiger partial charge in [-0.05, 0) is 51.1 Å². The molecule has 1 aliphatic rings. The van der Waals surface area contributed by atoms with Crippen LogP contribution in [0.25, 0.3) is 0 Å². The van der Waals surface area contributed by atoms with Crippen molar-refractivity contribution >= 4 is 5.95 Å². The molecule has 118 valence electrons. The van der Waals surface area contributed by atoms with Gasteiger partial charge in [-0.2, -0.15) is 5.10 Å². The van der Waals surface area contributed by atoms with Crippen LogP contribution in [-0.2, 0) is 12.8 Å². The van der Waals surface area contributed by atoms with Gasteiger partial charge in [0, 0.05) is 13.1 Å². The lowest BCUT2D eigenvalue weighted by Gasteiger charge is -2.30. The molecule has 5 nitrogen and oxygen atoms in total. The fourth-order valence-corrected chi connectivity index (χ4v) is 2.98. The van der Waals surface area contributed by atoms with Crippen LogP contribution in [0.4, 0.5) is 5.95 Å². The average Bonchev–Trinajstić information content (AvgIpc) is 2.54. The van der Waals surface area contributed by atoms with E-state index in [0.29, 0.717) is 0 Å². The van der Waals surface area contributed by atoms with Crippen molar-refractivity contribution in [2.75, 3.05) is 31.1 Å². The zero-order valence-electron chi connectivity index (χ0n) is 13.7. The van der Waals surface area contributed by atoms with Gasteiger partial charge in [-0.25, -0.2) is 4.98 Å². The van der Waals surface area contributed by atoms with Gasteiger partial charge in [-0.3, -0.25) is 0 Å². The molecule has 0 spiro atoms. The minimum absolute atomic E-state index is 0.748. The van der Waals surface area contributed by atoms with Crippen molar-refractivity contribution in [2.24, 2.45) is 5.92 Å². The molecule has 0 radical (unpaired) electrons. The zero-order chi connectivity index (χ0) is 15.1. The smallest absolute Gasteiger partial charge is 0.245 e. The number of hydrogen-bond acceptors (Lipinski definition) is 5. The molecule has 0 unspecified atom stereocenters. The van der Waals surface area contributed by atoms with Gasteiger partial charge in [0.25, 0.3) is 0 Å². The summed E-state index contributed by atoms with van der Waals surface area (Å²) in [5.74, 6) is 1.57. The van der Waals surface area contributed by atoms with Crippen molar-refractivity contribution in [3.8, 4) is 0 Å². The number of hydrogen-bond donors (Lipinski definition) is 1. The molecule has 0 aromatic carbocycles. The van der Waals surface area contributed by atoms with E-state index in [1.165, 1.54) is 12.8 Å². The topological polar surface area (TPSA) is 53.9 Å². The quantitative estimate of drug-likeness (QED) is 0.835. The van der Waals surface area contributed by atoms with Crippen LogP contribution >= 0.6 is 0 Å². The molecular formula is C16H29N5. The van der Waals surface area contributed by atoms with Crippen molar-refractivity contribution in [1.82, 2.24) is 20.5 Å². The van der Waals surface area contributed by atoms with Gasteiger partial charge in [0.05, 0.1) is 11.4 Å². The van der Waals surface area contributed by atoms with E-state index in [4.69, 9.17) is 4.98 Å². The molecule has 0 bridgehead atoms. The molecule has 1 aromatic rings. The molecule has 0 amide bonds. The number of nitrogens with zero attached hydrogens (tertiary/aromatic N) is 4. The molecule has 5 heteroatoms. The van der Waals surface area contributed by atoms with Crippen LogP contribution in [0.3, 0.4) is 0 Å². The maximum absolute atomic E-state index is 4.78. The lowest BCUT2D eigenvalue weighted by Crippen LogP contribution is -2.37. The van der Waals surface area contributed by atoms with Crippen molar-refractivity contribution in [3.63, 3.8) is 0 Å². The second kappa shape index (κ2) is 8.27. The van der Waals surface area contributed by atoms with Crippen LogP contribution in [0.2, 0.25) is 0 Å². The summed E-state index contributed by atoms with van der Waals surface area (Å²) in [5.41, 5.74) is 2.15. The van der Waals surface area contributed by atoms with Gasteiger partial charge in [0.15, 0.2) is 0 Å². The first kappa shape index (κ1) is 16.1. The number of anilines is 1. The maximum Gasteiger partial charge on any atom is 0.245 e. The standard InChI is InChI=1S/C16H29N5/c1-4-11-21(12-13-7-9-17-10-8-13)16-18-14(5-2)15(6-3)19-20-16/h13,17H,4-12H2,1-3H3. The van der Waals surface area contributed by atoms with E-state index in [-0.39, 0.29) is 0 Å². The second-order valence-electron chi connectivity index (χ2n) is 5.85. The Morgan fingerprint density at radius 1 is 1.05 bits per heavy atom. The largest absolute Gasteiger partial charge is 0.339 e. The first-order valence-corrected chi connectivity index (χ1v) is 8.46. The lowest BCUT2D eigenvalue weighted by molar-refractivity contribution is 0.371. The Balaban J connectivity index is 2.12. The van der Waals surface area contributed by atoms with Gasteiger partial charge in [0.2, 0.25) is 5.95 Å². The lowest BCUT2D eigenvalue weighted by atomic mass is 9.97. The highest BCUT2D eigenvalue weighted by Crippen LogP contribution is 2.18. The van der Waals surface area contributed by atoms with E-state index < -0.39 is 0 Å². The molecule has 1 N–H and O–H groups in total. The summed E-state index contributed by atoms with van der Waals surface area (Å²) in [6.07, 6.45) is 5.46. The number of rotatable bonds is 7. The predicted octanol–water partition coefficient (Wildman–Crippen LogP) is 2.21. The molecule has 21 heavy (non-hydrogen) atoms. The molecule has 1 aliphatic heterocycles. The van der Waals surface area contributed by atoms with Gasteiger partial charge in [0.1, 0.15) is 0 Å². The van der Waals surface area contributed by atoms with Gasteiger partial charge >= 0.3 is 0 Å². The van der Waals surface area contributed by atoms with Crippen molar-refractivity contribution in [3.05, 3.63) is 11.4 Å². The van der Waals surface area contributed by atoms with E-state index in [2.05, 4.69) is 41.2 Å². The van der Waals surface area contributed by atoms with E-state index in [1.807, 2.05) is 0 Å². The molecule has 2 heterocycles. The van der Waals surface area contributed by atoms with Crippen LogP contribution in [0, 0.1) is 5.92 Å². The Bertz CT molecular complexity index is 429. The fraction of sp³-hybridized carbons (Fsp3) is 0.812. The fourth-order valence-electron chi connectivity index (χ4n) is 2.98. The summed E-state index contributed by atoms with van der Waals surface area (Å²) >= 11 is 0. The molecule has 1 fully saturated rings. The summed E-state index contributed by atoms with van der Waals surface area (Å²) in [4.78, 5) is 7.12. The average molecular weight is 291 g/mol. The molecular weight excluding hydrogens is 262 g/mol. The van der Waals surface area contributed by atoms with E-state index in [1.54, 1.807) is 0 Å². The summed E-state index contributed by atoms with van der Waals surface area (Å²) in [5, 5.41) is 12.2. The molecule has 1 saturated heterocycles. The van der Waals surface area contributed by atoms with E-state index in [9.17, 15) is 0 Å². The SMILES string of the molecule is CCCN(CC1CCNCC1)c1nnc(CC)c(CC)n1. The monoisotopic (exact) mass is 291 g/mol. The maximum atomic E-state index is 4.78. The molecule has 0 atom stereocenters. The summed E-state index contributed by atoms with van der Waals surface area (Å²) in [6.45, 7) is 10.8. The van der Waals surface area contributed by atoms with Crippen molar-refractivity contribution in [1.29, 1.82) is 0 Å². The number of piperidine rings is 1. The molecule has 0 aliphatic carbocycles. The van der Waals surface area contributed by atoms with Gasteiger partial charge in [-0.15, -0.1) is 5.10 Å². The van der Waals surface area contributed by atoms with Crippen LogP contribution < -0.4 is 10.2 Å². The second-order valence-corrected chi connectivity index (χ2v) is 5.85. The first-order chi connectivity index (χ1) is 10.3. The third-order valence-corrected chi connectivity index (χ3v) is 4.21. The van der Waals surface area contributed by atoms with Crippen molar-refractivity contribution in [2.45, 2.75) is 52.9 Å². The van der Waals surface area contributed by atoms with Crippen molar-refractivity contribution < 1.29 is 0 Å². The van der Waals surface area contributed by atoms with Crippen LogP contribution in [0.5, 0.6) is 0 Å². The molecule has 2 rings (SSSR count). The highest BCUT2D eigenvalue weighted by Gasteiger charge is 2.19. The summed E-state index contributed by atoms with van der Waals surface area (Å²) in [6, 6.07) is 0. The van der Waals surface area contributed by atoms with Crippen LogP contribution in [-0.4, -0.2) is 41.4 Å². The highest BCUT2D eigenvalue weighted by molar-refractivity contribution is 5.30. The van der Waals surface area contributed by atoms with Gasteiger partial charge < -0.3 is 10.2 Å². The summed E-state index contributed by atoms with van der Waals surface area (Å²) < 4.78 is 0. The normalized spacial score (nSPS) is 16.1. The van der Waals surface area contributed by atoms with E-state index >= 15 is 0 Å². The Morgan fingerprint density at radius 3 is 2.38 bits per heavy atom. The van der Waals surface area contributed by atoms with Crippen LogP contribution in [0.15, 0.2) is 0 Å². The number of aryl methyl sites for hydroxylation is 2. The Morgan fingerprint density at radius 2 is 1.76 bits per heavy atom. The predicted molar refractivity (Wildman–Crippen MR) is 86.7 cm³/mol. The van der Waals surface area contributed by atoms with E-state index in [0.717, 1.165) is 68.7 Å². The Hall–Kier alpha value is -1.23. The van der Waals surface area contributed by atoms with Crippen LogP contribution in [0.1, 0.15) is 51.4 Å². The number of aromatic nitrogens is 3. The van der Waals surface area contributed by atoms with Gasteiger partial charge in [-0.1, -0.05) is 20.8 Å².